The van der Waals surface area contributed by atoms with Crippen LogP contribution in [0.1, 0.15) is 33.1 Å². The van der Waals surface area contributed by atoms with Crippen LogP contribution in [0.5, 0.6) is 0 Å². The van der Waals surface area contributed by atoms with E-state index in [2.05, 4.69) is 0 Å². The highest BCUT2D eigenvalue weighted by Crippen LogP contribution is 2.13. The third-order valence-corrected chi connectivity index (χ3v) is 2.09. The van der Waals surface area contributed by atoms with E-state index in [4.69, 9.17) is 14.2 Å². The fourth-order valence-electron chi connectivity index (χ4n) is 1.38. The number of hydrogen-bond donors (Lipinski definition) is 0. The predicted molar refractivity (Wildman–Crippen MR) is 60.1 cm³/mol. The summed E-state index contributed by atoms with van der Waals surface area (Å²) < 4.78 is 15.0. The first kappa shape index (κ1) is 13.7. The summed E-state index contributed by atoms with van der Waals surface area (Å²) in [6.45, 7) is 4.08. The highest BCUT2D eigenvalue weighted by atomic mass is 16.7. The lowest BCUT2D eigenvalue weighted by atomic mass is 10.2. The molecule has 0 aromatic heterocycles. The van der Waals surface area contributed by atoms with Gasteiger partial charge in [0.15, 0.2) is 0 Å². The maximum atomic E-state index is 11.3. The molecule has 1 rings (SSSR count). The Hall–Kier alpha value is -1.36. The molecule has 5 heteroatoms. The van der Waals surface area contributed by atoms with Crippen molar-refractivity contribution in [2.75, 3.05) is 6.61 Å². The first-order valence-corrected chi connectivity index (χ1v) is 5.79. The van der Waals surface area contributed by atoms with Gasteiger partial charge in [0.2, 0.25) is 6.29 Å². The summed E-state index contributed by atoms with van der Waals surface area (Å²) >= 11 is 0. The molecule has 96 valence electrons. The van der Waals surface area contributed by atoms with Crippen molar-refractivity contribution in [3.05, 3.63) is 12.2 Å². The Morgan fingerprint density at radius 2 is 1.94 bits per heavy atom. The third kappa shape index (κ3) is 6.06. The molecule has 17 heavy (non-hydrogen) atoms. The SMILES string of the molecule is CC(C)OC(=O)/C=C\C(=O)OC1CCCCO1. The second kappa shape index (κ2) is 7.06. The van der Waals surface area contributed by atoms with Gasteiger partial charge in [0.05, 0.1) is 12.7 Å². The van der Waals surface area contributed by atoms with Crippen LogP contribution in [0.15, 0.2) is 12.2 Å². The Balaban J connectivity index is 2.28. The predicted octanol–water partition coefficient (Wildman–Crippen LogP) is 1.56. The molecule has 1 aliphatic rings. The van der Waals surface area contributed by atoms with Crippen molar-refractivity contribution in [2.45, 2.75) is 45.5 Å². The maximum absolute atomic E-state index is 11.3. The van der Waals surface area contributed by atoms with Crippen molar-refractivity contribution in [3.8, 4) is 0 Å². The highest BCUT2D eigenvalue weighted by molar-refractivity contribution is 5.91. The van der Waals surface area contributed by atoms with Crippen molar-refractivity contribution in [2.24, 2.45) is 0 Å². The van der Waals surface area contributed by atoms with Crippen LogP contribution in [0, 0.1) is 0 Å². The quantitative estimate of drug-likeness (QED) is 0.553. The topological polar surface area (TPSA) is 61.8 Å². The molecule has 0 aromatic carbocycles. The van der Waals surface area contributed by atoms with Crippen LogP contribution >= 0.6 is 0 Å². The zero-order chi connectivity index (χ0) is 12.7. The average Bonchev–Trinajstić information content (AvgIpc) is 2.27. The molecule has 1 aliphatic heterocycles. The fourth-order valence-corrected chi connectivity index (χ4v) is 1.38. The smallest absolute Gasteiger partial charge is 0.333 e. The van der Waals surface area contributed by atoms with Gasteiger partial charge < -0.3 is 14.2 Å². The molecule has 1 atom stereocenters. The molecule has 0 spiro atoms. The van der Waals surface area contributed by atoms with E-state index in [-0.39, 0.29) is 6.10 Å². The van der Waals surface area contributed by atoms with Crippen LogP contribution in [-0.2, 0) is 23.8 Å². The second-order valence-electron chi connectivity index (χ2n) is 4.05. The largest absolute Gasteiger partial charge is 0.460 e. The number of carbonyl (C=O) groups is 2. The minimum Gasteiger partial charge on any atom is -0.460 e. The summed E-state index contributed by atoms with van der Waals surface area (Å²) in [4.78, 5) is 22.4. The summed E-state index contributed by atoms with van der Waals surface area (Å²) in [5.41, 5.74) is 0. The highest BCUT2D eigenvalue weighted by Gasteiger charge is 2.16. The van der Waals surface area contributed by atoms with E-state index in [1.807, 2.05) is 0 Å². The Labute approximate surface area is 101 Å². The lowest BCUT2D eigenvalue weighted by Crippen LogP contribution is -2.24. The molecule has 0 bridgehead atoms. The van der Waals surface area contributed by atoms with Crippen LogP contribution < -0.4 is 0 Å². The van der Waals surface area contributed by atoms with E-state index in [0.717, 1.165) is 25.0 Å². The summed E-state index contributed by atoms with van der Waals surface area (Å²) in [7, 11) is 0. The first-order valence-electron chi connectivity index (χ1n) is 5.79. The van der Waals surface area contributed by atoms with E-state index in [1.165, 1.54) is 0 Å². The molecule has 0 aromatic rings. The molecule has 0 radical (unpaired) electrons. The molecule has 5 nitrogen and oxygen atoms in total. The van der Waals surface area contributed by atoms with E-state index in [0.29, 0.717) is 13.0 Å². The van der Waals surface area contributed by atoms with E-state index in [1.54, 1.807) is 13.8 Å². The number of carbonyl (C=O) groups excluding carboxylic acids is 2. The van der Waals surface area contributed by atoms with Gasteiger partial charge in [-0.05, 0) is 26.7 Å². The average molecular weight is 242 g/mol. The molecule has 0 aliphatic carbocycles. The minimum atomic E-state index is -0.586. The van der Waals surface area contributed by atoms with E-state index >= 15 is 0 Å². The lowest BCUT2D eigenvalue weighted by Gasteiger charge is -2.21. The summed E-state index contributed by atoms with van der Waals surface area (Å²) in [6.07, 6.45) is 4.11. The summed E-state index contributed by atoms with van der Waals surface area (Å²) in [6, 6.07) is 0. The van der Waals surface area contributed by atoms with Crippen molar-refractivity contribution < 1.29 is 23.8 Å². The van der Waals surface area contributed by atoms with Gasteiger partial charge >= 0.3 is 11.9 Å². The maximum Gasteiger partial charge on any atom is 0.333 e. The van der Waals surface area contributed by atoms with E-state index < -0.39 is 18.2 Å². The van der Waals surface area contributed by atoms with Crippen molar-refractivity contribution in [1.82, 2.24) is 0 Å². The molecule has 1 heterocycles. The Kier molecular flexibility index (Phi) is 5.69. The zero-order valence-corrected chi connectivity index (χ0v) is 10.2. The van der Waals surface area contributed by atoms with Crippen LogP contribution in [0.25, 0.3) is 0 Å². The van der Waals surface area contributed by atoms with Gasteiger partial charge in [0.1, 0.15) is 0 Å². The summed E-state index contributed by atoms with van der Waals surface area (Å²) in [5.74, 6) is -1.14. The number of rotatable bonds is 4. The monoisotopic (exact) mass is 242 g/mol. The normalized spacial score (nSPS) is 20.5. The number of esters is 2. The fraction of sp³-hybridized carbons (Fsp3) is 0.667. The molecular formula is C12H18O5. The third-order valence-electron chi connectivity index (χ3n) is 2.09. The molecule has 0 amide bonds. The molecule has 0 saturated carbocycles. The van der Waals surface area contributed by atoms with Crippen molar-refractivity contribution >= 4 is 11.9 Å². The Bertz CT molecular complexity index is 289. The zero-order valence-electron chi connectivity index (χ0n) is 10.2. The van der Waals surface area contributed by atoms with Crippen LogP contribution in [0.3, 0.4) is 0 Å². The van der Waals surface area contributed by atoms with Gasteiger partial charge in [0.25, 0.3) is 0 Å². The van der Waals surface area contributed by atoms with Gasteiger partial charge in [0, 0.05) is 18.6 Å². The van der Waals surface area contributed by atoms with Gasteiger partial charge in [-0.2, -0.15) is 0 Å². The first-order chi connectivity index (χ1) is 8.08. The molecular weight excluding hydrogens is 224 g/mol. The van der Waals surface area contributed by atoms with Crippen molar-refractivity contribution in [3.63, 3.8) is 0 Å². The second-order valence-corrected chi connectivity index (χ2v) is 4.05. The molecule has 1 fully saturated rings. The van der Waals surface area contributed by atoms with Crippen molar-refractivity contribution in [1.29, 1.82) is 0 Å². The number of ether oxygens (including phenoxy) is 3. The molecule has 1 saturated heterocycles. The van der Waals surface area contributed by atoms with Crippen LogP contribution in [0.4, 0.5) is 0 Å². The lowest BCUT2D eigenvalue weighted by molar-refractivity contribution is -0.181. The Morgan fingerprint density at radius 3 is 2.53 bits per heavy atom. The Morgan fingerprint density at radius 1 is 1.24 bits per heavy atom. The van der Waals surface area contributed by atoms with Crippen LogP contribution in [0.2, 0.25) is 0 Å². The van der Waals surface area contributed by atoms with Crippen LogP contribution in [-0.4, -0.2) is 30.9 Å². The van der Waals surface area contributed by atoms with Gasteiger partial charge in [-0.1, -0.05) is 0 Å². The molecule has 1 unspecified atom stereocenters. The van der Waals surface area contributed by atoms with E-state index in [9.17, 15) is 9.59 Å². The molecule has 0 N–H and O–H groups in total. The van der Waals surface area contributed by atoms with Gasteiger partial charge in [-0.15, -0.1) is 0 Å². The van der Waals surface area contributed by atoms with Gasteiger partial charge in [-0.3, -0.25) is 0 Å². The minimum absolute atomic E-state index is 0.204. The summed E-state index contributed by atoms with van der Waals surface area (Å²) in [5, 5.41) is 0. The number of hydrogen-bond acceptors (Lipinski definition) is 5. The standard InChI is InChI=1S/C12H18O5/c1-9(2)16-10(13)6-7-11(14)17-12-5-3-4-8-15-12/h6-7,9,12H,3-5,8H2,1-2H3/b7-6-. The van der Waals surface area contributed by atoms with Gasteiger partial charge in [-0.25, -0.2) is 9.59 Å².